The van der Waals surface area contributed by atoms with Crippen molar-refractivity contribution in [3.05, 3.63) is 11.6 Å². The lowest BCUT2D eigenvalue weighted by molar-refractivity contribution is -0.0380. The van der Waals surface area contributed by atoms with Crippen LogP contribution in [-0.4, -0.2) is 49.8 Å². The van der Waals surface area contributed by atoms with Crippen molar-refractivity contribution in [2.75, 3.05) is 27.2 Å². The van der Waals surface area contributed by atoms with E-state index in [2.05, 4.69) is 44.0 Å². The summed E-state index contributed by atoms with van der Waals surface area (Å²) in [6, 6.07) is 0. The lowest BCUT2D eigenvalue weighted by Gasteiger charge is -2.58. The average Bonchev–Trinajstić information content (AvgIpc) is 3.22. The Morgan fingerprint density at radius 3 is 2.53 bits per heavy atom. The molecule has 0 aromatic heterocycles. The number of rotatable bonds is 9. The van der Waals surface area contributed by atoms with Gasteiger partial charge in [-0.1, -0.05) is 72.5 Å². The molecular formula is C33H61N3O2. The summed E-state index contributed by atoms with van der Waals surface area (Å²) in [5.74, 6) is 4.70. The van der Waals surface area contributed by atoms with Gasteiger partial charge in [-0.15, -0.1) is 0 Å². The molecule has 5 nitrogen and oxygen atoms in total. The van der Waals surface area contributed by atoms with E-state index in [1.165, 1.54) is 56.9 Å². The third-order valence-electron chi connectivity index (χ3n) is 11.0. The van der Waals surface area contributed by atoms with Crippen LogP contribution in [0.4, 0.5) is 4.79 Å². The molecule has 0 spiro atoms. The van der Waals surface area contributed by atoms with Gasteiger partial charge in [0, 0.05) is 25.0 Å². The summed E-state index contributed by atoms with van der Waals surface area (Å²) in [5.41, 5.74) is 8.99. The fourth-order valence-electron chi connectivity index (χ4n) is 9.03. The highest BCUT2D eigenvalue weighted by molar-refractivity contribution is 5.67. The van der Waals surface area contributed by atoms with Gasteiger partial charge in [-0.25, -0.2) is 4.79 Å². The third kappa shape index (κ3) is 6.79. The first kappa shape index (κ1) is 31.5. The van der Waals surface area contributed by atoms with Crippen LogP contribution in [0.3, 0.4) is 0 Å². The normalized spacial score (nSPS) is 36.8. The number of amides is 1. The van der Waals surface area contributed by atoms with Gasteiger partial charge in [-0.3, -0.25) is 0 Å². The van der Waals surface area contributed by atoms with Gasteiger partial charge in [0.2, 0.25) is 0 Å². The lowest BCUT2D eigenvalue weighted by atomic mass is 9.49. The molecule has 4 rings (SSSR count). The van der Waals surface area contributed by atoms with Crippen LogP contribution in [-0.2, 0) is 4.74 Å². The van der Waals surface area contributed by atoms with Crippen LogP contribution in [0.15, 0.2) is 11.6 Å². The van der Waals surface area contributed by atoms with Crippen LogP contribution in [0.2, 0.25) is 0 Å². The Balaban J connectivity index is 0.00000195. The number of nitrogens with zero attached hydrogens (tertiary/aromatic N) is 1. The average molecular weight is 532 g/mol. The molecule has 8 atom stereocenters. The van der Waals surface area contributed by atoms with E-state index >= 15 is 0 Å². The number of likely N-dealkylation sites (N-methyl/N-ethyl adjacent to an activating group) is 1. The lowest BCUT2D eigenvalue weighted by Crippen LogP contribution is -2.60. The molecule has 0 aliphatic heterocycles. The van der Waals surface area contributed by atoms with Crippen LogP contribution in [0.25, 0.3) is 0 Å². The Labute approximate surface area is 235 Å². The molecular weight excluding hydrogens is 470 g/mol. The van der Waals surface area contributed by atoms with E-state index in [0.717, 1.165) is 55.4 Å². The molecule has 220 valence electrons. The third-order valence-corrected chi connectivity index (χ3v) is 11.0. The molecule has 0 saturated heterocycles. The van der Waals surface area contributed by atoms with Crippen LogP contribution < -0.4 is 11.1 Å². The number of allylic oxidation sites excluding steroid dienone is 1. The maximum absolute atomic E-state index is 12.3. The zero-order valence-corrected chi connectivity index (χ0v) is 26.2. The molecule has 0 heterocycles. The number of carbonyl (C=O) groups is 1. The van der Waals surface area contributed by atoms with Crippen molar-refractivity contribution in [3.8, 4) is 0 Å². The van der Waals surface area contributed by atoms with Gasteiger partial charge in [0.05, 0.1) is 0 Å². The maximum atomic E-state index is 12.3. The molecule has 3 saturated carbocycles. The van der Waals surface area contributed by atoms with Crippen molar-refractivity contribution in [1.29, 1.82) is 0 Å². The van der Waals surface area contributed by atoms with Crippen LogP contribution in [0, 0.1) is 40.9 Å². The van der Waals surface area contributed by atoms with E-state index in [0.29, 0.717) is 17.9 Å². The number of hydrogen-bond acceptors (Lipinski definition) is 4. The van der Waals surface area contributed by atoms with E-state index in [1.807, 2.05) is 27.9 Å². The highest BCUT2D eigenvalue weighted by atomic mass is 16.6. The summed E-state index contributed by atoms with van der Waals surface area (Å²) >= 11 is 0. The Hall–Kier alpha value is -1.07. The molecule has 1 amide bonds. The zero-order chi connectivity index (χ0) is 28.1. The first-order chi connectivity index (χ1) is 18.0. The van der Waals surface area contributed by atoms with Gasteiger partial charge in [0.15, 0.2) is 0 Å². The Kier molecular flexibility index (Phi) is 11.2. The van der Waals surface area contributed by atoms with Gasteiger partial charge in [-0.05, 0) is 100.0 Å². The summed E-state index contributed by atoms with van der Waals surface area (Å²) in [4.78, 5) is 14.4. The van der Waals surface area contributed by atoms with Gasteiger partial charge >= 0.3 is 6.09 Å². The minimum absolute atomic E-state index is 0.0414. The molecule has 0 bridgehead atoms. The highest BCUT2D eigenvalue weighted by Crippen LogP contribution is 2.65. The first-order valence-corrected chi connectivity index (χ1v) is 16.1. The predicted molar refractivity (Wildman–Crippen MR) is 160 cm³/mol. The molecule has 0 radical (unpaired) electrons. The van der Waals surface area contributed by atoms with E-state index in [1.54, 1.807) is 0 Å². The maximum Gasteiger partial charge on any atom is 0.407 e. The van der Waals surface area contributed by atoms with Gasteiger partial charge in [0.25, 0.3) is 0 Å². The van der Waals surface area contributed by atoms with Gasteiger partial charge in [-0.2, -0.15) is 0 Å². The summed E-state index contributed by atoms with van der Waals surface area (Å²) in [6.45, 7) is 15.3. The number of carbonyl (C=O) groups excluding carboxylic acids is 1. The predicted octanol–water partition coefficient (Wildman–Crippen LogP) is 7.40. The minimum Gasteiger partial charge on any atom is -0.446 e. The summed E-state index contributed by atoms with van der Waals surface area (Å²) < 4.78 is 5.81. The van der Waals surface area contributed by atoms with Crippen molar-refractivity contribution < 1.29 is 9.53 Å². The van der Waals surface area contributed by atoms with E-state index in [-0.39, 0.29) is 17.7 Å². The second kappa shape index (κ2) is 13.5. The molecule has 38 heavy (non-hydrogen) atoms. The zero-order valence-electron chi connectivity index (χ0n) is 26.2. The quantitative estimate of drug-likeness (QED) is 0.304. The second-order valence-electron chi connectivity index (χ2n) is 13.9. The smallest absolute Gasteiger partial charge is 0.407 e. The van der Waals surface area contributed by atoms with Crippen molar-refractivity contribution in [2.45, 2.75) is 124 Å². The summed E-state index contributed by atoms with van der Waals surface area (Å²) in [6.07, 6.45) is 15.6. The van der Waals surface area contributed by atoms with Crippen LogP contribution in [0.5, 0.6) is 0 Å². The van der Waals surface area contributed by atoms with E-state index in [9.17, 15) is 4.79 Å². The molecule has 3 fully saturated rings. The van der Waals surface area contributed by atoms with Crippen molar-refractivity contribution >= 4 is 6.09 Å². The number of ether oxygens (including phenoxy) is 1. The second-order valence-corrected chi connectivity index (χ2v) is 13.9. The molecule has 3 N–H and O–H groups in total. The fraction of sp³-hybridized carbons (Fsp3) is 0.909. The Bertz CT molecular complexity index is 795. The van der Waals surface area contributed by atoms with Crippen molar-refractivity contribution in [3.63, 3.8) is 0 Å². The van der Waals surface area contributed by atoms with Crippen molar-refractivity contribution in [2.24, 2.45) is 46.7 Å². The van der Waals surface area contributed by atoms with E-state index in [4.69, 9.17) is 10.5 Å². The molecule has 0 aromatic carbocycles. The summed E-state index contributed by atoms with van der Waals surface area (Å²) in [7, 11) is 4.01. The number of fused-ring (bicyclic) bond motifs is 5. The monoisotopic (exact) mass is 531 g/mol. The SMILES string of the molecule is CC.CC(C)CCC[C@@H](C)C1CC[C@H]2C3CC=C4CC(OC(=O)NCCN(C)C)CC[C@]4(N)[C@H]3CCC12C. The fourth-order valence-corrected chi connectivity index (χ4v) is 9.03. The molecule has 0 aromatic rings. The number of alkyl carbamates (subject to hydrolysis) is 1. The van der Waals surface area contributed by atoms with Gasteiger partial charge in [0.1, 0.15) is 6.10 Å². The molecule has 5 heteroatoms. The largest absolute Gasteiger partial charge is 0.446 e. The van der Waals surface area contributed by atoms with E-state index < -0.39 is 0 Å². The number of nitrogens with one attached hydrogen (secondary N) is 1. The summed E-state index contributed by atoms with van der Waals surface area (Å²) in [5, 5.41) is 2.90. The van der Waals surface area contributed by atoms with Crippen molar-refractivity contribution in [1.82, 2.24) is 10.2 Å². The number of hydrogen-bond donors (Lipinski definition) is 2. The topological polar surface area (TPSA) is 67.6 Å². The Morgan fingerprint density at radius 1 is 1.11 bits per heavy atom. The highest BCUT2D eigenvalue weighted by Gasteiger charge is 2.59. The Morgan fingerprint density at radius 2 is 1.84 bits per heavy atom. The molecule has 4 aliphatic rings. The van der Waals surface area contributed by atoms with Gasteiger partial charge < -0.3 is 20.7 Å². The molecule has 4 aliphatic carbocycles. The minimum atomic E-state index is -0.284. The molecule has 4 unspecified atom stereocenters. The van der Waals surface area contributed by atoms with Crippen LogP contribution in [0.1, 0.15) is 112 Å². The first-order valence-electron chi connectivity index (χ1n) is 16.1. The standard InChI is InChI=1S/C31H55N3O2.C2H6/c1-21(2)8-7-9-22(3)26-12-13-27-25-11-10-23-20-24(36-29(35)33-18-19-34(5)6)14-17-31(23,32)28(25)15-16-30(26,27)4;1-2/h10,21-22,24-28H,7-9,11-20,32H2,1-6H3,(H,33,35);1-2H3/t22-,24?,25?,26?,27+,28+,30?,31-;/m1./s1. The number of nitrogens with two attached hydrogens (primary N) is 1. The van der Waals surface area contributed by atoms with Crippen LogP contribution >= 0.6 is 0 Å².